The van der Waals surface area contributed by atoms with E-state index in [9.17, 15) is 29.7 Å². The largest absolute Gasteiger partial charge is 0.481 e. The normalized spacial score (nSPS) is 31.2. The molecule has 11 heteroatoms. The summed E-state index contributed by atoms with van der Waals surface area (Å²) in [5.74, 6) is -3.49. The van der Waals surface area contributed by atoms with Crippen LogP contribution >= 0.6 is 0 Å². The molecular weight excluding hydrogens is 330 g/mol. The zero-order valence-electron chi connectivity index (χ0n) is 12.6. The molecule has 0 saturated carbocycles. The van der Waals surface area contributed by atoms with E-state index in [-0.39, 0.29) is 6.42 Å². The van der Waals surface area contributed by atoms with Gasteiger partial charge in [-0.15, -0.1) is 0 Å². The molecule has 0 aromatic rings. The van der Waals surface area contributed by atoms with Gasteiger partial charge in [0.25, 0.3) is 0 Å². The van der Waals surface area contributed by atoms with Gasteiger partial charge in [-0.3, -0.25) is 9.59 Å². The van der Waals surface area contributed by atoms with Crippen molar-refractivity contribution in [3.8, 4) is 0 Å². The summed E-state index contributed by atoms with van der Waals surface area (Å²) in [5, 5.41) is 57.7. The first kappa shape index (κ1) is 20.3. The number of hydrogen-bond acceptors (Lipinski definition) is 8. The minimum atomic E-state index is -1.64. The highest BCUT2D eigenvalue weighted by molar-refractivity contribution is 5.84. The van der Waals surface area contributed by atoms with Crippen LogP contribution in [-0.2, 0) is 19.1 Å². The number of nitrogens with one attached hydrogen (secondary N) is 1. The van der Waals surface area contributed by atoms with E-state index in [1.807, 2.05) is 0 Å². The molecule has 1 fully saturated rings. The fourth-order valence-electron chi connectivity index (χ4n) is 2.31. The Bertz CT molecular complexity index is 468. The zero-order chi connectivity index (χ0) is 18.4. The highest BCUT2D eigenvalue weighted by Crippen LogP contribution is 2.23. The van der Waals surface area contributed by atoms with Gasteiger partial charge < -0.3 is 40.7 Å². The van der Waals surface area contributed by atoms with Gasteiger partial charge in [-0.05, 0) is 6.42 Å². The first-order chi connectivity index (χ1) is 11.2. The minimum absolute atomic E-state index is 0.328. The summed E-state index contributed by atoms with van der Waals surface area (Å²) >= 11 is 0. The van der Waals surface area contributed by atoms with Crippen LogP contribution in [0.5, 0.6) is 0 Å². The Balaban J connectivity index is 2.64. The zero-order valence-corrected chi connectivity index (χ0v) is 12.6. The molecule has 11 nitrogen and oxygen atoms in total. The molecule has 24 heavy (non-hydrogen) atoms. The Kier molecular flexibility index (Phi) is 7.51. The Morgan fingerprint density at radius 2 is 1.58 bits per heavy atom. The molecule has 0 aliphatic carbocycles. The predicted octanol–water partition coefficient (Wildman–Crippen LogP) is -3.35. The van der Waals surface area contributed by atoms with Crippen LogP contribution in [0.25, 0.3) is 0 Å². The molecule has 1 heterocycles. The van der Waals surface area contributed by atoms with Gasteiger partial charge in [0.15, 0.2) is 0 Å². The number of rotatable bonds is 8. The molecule has 0 spiro atoms. The summed E-state index contributed by atoms with van der Waals surface area (Å²) in [6.07, 6.45) is -8.60. The molecule has 1 aliphatic heterocycles. The van der Waals surface area contributed by atoms with Crippen LogP contribution in [0.4, 0.5) is 0 Å². The number of amides is 1. The second-order valence-corrected chi connectivity index (χ2v) is 5.46. The molecule has 0 bridgehead atoms. The van der Waals surface area contributed by atoms with Gasteiger partial charge in [0.1, 0.15) is 30.5 Å². The second-order valence-electron chi connectivity index (χ2n) is 5.46. The summed E-state index contributed by atoms with van der Waals surface area (Å²) in [5.41, 5.74) is 0. The van der Waals surface area contributed by atoms with Crippen LogP contribution < -0.4 is 5.32 Å². The standard InChI is InChI=1S/C13H21NO10/c15-4-7-11(20)12(21)10(19)6(24-7)3-8(16)14-5(13(22)23)1-2-9(17)18/h5-7,10-12,15,19-21H,1-4H2,(H,14,16)(H,17,18)(H,22,23)/t5-,6?,7?,10?,11?,12?/m0/s1. The lowest BCUT2D eigenvalue weighted by Gasteiger charge is -2.39. The third-order valence-corrected chi connectivity index (χ3v) is 3.66. The van der Waals surface area contributed by atoms with Crippen LogP contribution in [0.2, 0.25) is 0 Å². The molecule has 0 aromatic heterocycles. The molecule has 7 N–H and O–H groups in total. The van der Waals surface area contributed by atoms with Crippen LogP contribution in [0.1, 0.15) is 19.3 Å². The smallest absolute Gasteiger partial charge is 0.326 e. The fourth-order valence-corrected chi connectivity index (χ4v) is 2.31. The van der Waals surface area contributed by atoms with Crippen molar-refractivity contribution in [3.63, 3.8) is 0 Å². The number of aliphatic carboxylic acids is 2. The molecule has 1 saturated heterocycles. The number of hydrogen-bond donors (Lipinski definition) is 7. The van der Waals surface area contributed by atoms with Crippen LogP contribution in [0, 0.1) is 0 Å². The van der Waals surface area contributed by atoms with Crippen molar-refractivity contribution in [1.82, 2.24) is 5.32 Å². The molecule has 1 aliphatic rings. The molecule has 138 valence electrons. The molecule has 1 amide bonds. The average Bonchev–Trinajstić information content (AvgIpc) is 2.51. The van der Waals surface area contributed by atoms with Crippen molar-refractivity contribution in [3.05, 3.63) is 0 Å². The molecule has 0 radical (unpaired) electrons. The Hall–Kier alpha value is -1.79. The maximum atomic E-state index is 11.9. The number of aliphatic hydroxyl groups excluding tert-OH is 4. The maximum Gasteiger partial charge on any atom is 0.326 e. The van der Waals surface area contributed by atoms with E-state index >= 15 is 0 Å². The van der Waals surface area contributed by atoms with Crippen LogP contribution in [0.3, 0.4) is 0 Å². The lowest BCUT2D eigenvalue weighted by Crippen LogP contribution is -2.59. The Morgan fingerprint density at radius 1 is 1.00 bits per heavy atom. The monoisotopic (exact) mass is 351 g/mol. The van der Waals surface area contributed by atoms with Crippen molar-refractivity contribution >= 4 is 17.8 Å². The van der Waals surface area contributed by atoms with Crippen molar-refractivity contribution in [1.29, 1.82) is 0 Å². The summed E-state index contributed by atoms with van der Waals surface area (Å²) in [4.78, 5) is 33.4. The average molecular weight is 351 g/mol. The van der Waals surface area contributed by atoms with E-state index < -0.39 is 73.9 Å². The predicted molar refractivity (Wildman–Crippen MR) is 74.8 cm³/mol. The van der Waals surface area contributed by atoms with Crippen molar-refractivity contribution in [2.75, 3.05) is 6.61 Å². The fraction of sp³-hybridized carbons (Fsp3) is 0.769. The van der Waals surface area contributed by atoms with Gasteiger partial charge in [0, 0.05) is 6.42 Å². The molecule has 6 atom stereocenters. The van der Waals surface area contributed by atoms with Crippen LogP contribution in [-0.4, -0.2) is 91.7 Å². The van der Waals surface area contributed by atoms with E-state index in [2.05, 4.69) is 5.32 Å². The highest BCUT2D eigenvalue weighted by atomic mass is 16.5. The summed E-state index contributed by atoms with van der Waals surface area (Å²) in [6.45, 7) is -0.653. The first-order valence-electron chi connectivity index (χ1n) is 7.21. The number of aliphatic hydroxyl groups is 4. The van der Waals surface area contributed by atoms with E-state index in [4.69, 9.17) is 20.1 Å². The van der Waals surface area contributed by atoms with Gasteiger partial charge in [0.2, 0.25) is 5.91 Å². The highest BCUT2D eigenvalue weighted by Gasteiger charge is 2.44. The van der Waals surface area contributed by atoms with Crippen molar-refractivity contribution in [2.45, 2.75) is 55.8 Å². The van der Waals surface area contributed by atoms with Gasteiger partial charge in [-0.25, -0.2) is 4.79 Å². The number of ether oxygens (including phenoxy) is 1. The lowest BCUT2D eigenvalue weighted by atomic mass is 9.93. The van der Waals surface area contributed by atoms with E-state index in [0.717, 1.165) is 0 Å². The van der Waals surface area contributed by atoms with Gasteiger partial charge >= 0.3 is 11.9 Å². The second kappa shape index (κ2) is 8.89. The Labute approximate surface area is 136 Å². The summed E-state index contributed by atoms with van der Waals surface area (Å²) in [7, 11) is 0. The van der Waals surface area contributed by atoms with E-state index in [0.29, 0.717) is 0 Å². The van der Waals surface area contributed by atoms with Gasteiger partial charge in [-0.2, -0.15) is 0 Å². The number of carbonyl (C=O) groups is 3. The third kappa shape index (κ3) is 5.39. The SMILES string of the molecule is O=C(O)CC[C@H](NC(=O)CC1OC(CO)C(O)C(O)C1O)C(=O)O. The van der Waals surface area contributed by atoms with Crippen molar-refractivity contribution in [2.24, 2.45) is 0 Å². The minimum Gasteiger partial charge on any atom is -0.481 e. The van der Waals surface area contributed by atoms with Crippen LogP contribution in [0.15, 0.2) is 0 Å². The summed E-state index contributed by atoms with van der Waals surface area (Å²) < 4.78 is 5.13. The summed E-state index contributed by atoms with van der Waals surface area (Å²) in [6, 6.07) is -1.43. The Morgan fingerprint density at radius 3 is 2.08 bits per heavy atom. The van der Waals surface area contributed by atoms with Gasteiger partial charge in [0.05, 0.1) is 19.1 Å². The molecule has 1 rings (SSSR count). The topological polar surface area (TPSA) is 194 Å². The number of carboxylic acids is 2. The first-order valence-corrected chi connectivity index (χ1v) is 7.21. The van der Waals surface area contributed by atoms with E-state index in [1.165, 1.54) is 0 Å². The number of carbonyl (C=O) groups excluding carboxylic acids is 1. The lowest BCUT2D eigenvalue weighted by molar-refractivity contribution is -0.229. The van der Waals surface area contributed by atoms with Gasteiger partial charge in [-0.1, -0.05) is 0 Å². The molecular formula is C13H21NO10. The molecule has 5 unspecified atom stereocenters. The molecule has 0 aromatic carbocycles. The third-order valence-electron chi connectivity index (χ3n) is 3.66. The van der Waals surface area contributed by atoms with E-state index in [1.54, 1.807) is 0 Å². The van der Waals surface area contributed by atoms with Crippen molar-refractivity contribution < 1.29 is 49.8 Å². The number of carboxylic acid groups (broad SMARTS) is 2. The maximum absolute atomic E-state index is 11.9. The quantitative estimate of drug-likeness (QED) is 0.232.